The standard InChI is InChI=1S/C11H13ClO3/c1-13-9-4-2-8(3-5-9)11-14-7-10(6-12)15-11/h2-5,10-11H,6-7H2,1H3/t10-,11-/m1/s1. The molecule has 0 spiro atoms. The molecule has 0 radical (unpaired) electrons. The molecule has 0 unspecified atom stereocenters. The summed E-state index contributed by atoms with van der Waals surface area (Å²) < 4.78 is 16.1. The summed E-state index contributed by atoms with van der Waals surface area (Å²) in [6.07, 6.45) is -0.293. The molecule has 0 amide bonds. The van der Waals surface area contributed by atoms with Gasteiger partial charge in [-0.25, -0.2) is 0 Å². The Labute approximate surface area is 93.9 Å². The topological polar surface area (TPSA) is 27.7 Å². The van der Waals surface area contributed by atoms with Crippen molar-refractivity contribution in [2.75, 3.05) is 19.6 Å². The third-order valence-corrected chi connectivity index (χ3v) is 2.65. The molecule has 1 aromatic rings. The number of methoxy groups -OCH3 is 1. The lowest BCUT2D eigenvalue weighted by molar-refractivity contribution is -0.0567. The number of hydrogen-bond donors (Lipinski definition) is 0. The lowest BCUT2D eigenvalue weighted by atomic mass is 10.2. The normalized spacial score (nSPS) is 25.5. The Balaban J connectivity index is 2.04. The second-order valence-corrected chi connectivity index (χ2v) is 3.66. The van der Waals surface area contributed by atoms with Gasteiger partial charge in [-0.15, -0.1) is 11.6 Å². The van der Waals surface area contributed by atoms with Crippen LogP contribution in [0.1, 0.15) is 11.9 Å². The minimum absolute atomic E-state index is 0.00114. The number of alkyl halides is 1. The maximum Gasteiger partial charge on any atom is 0.184 e. The van der Waals surface area contributed by atoms with E-state index in [9.17, 15) is 0 Å². The van der Waals surface area contributed by atoms with Gasteiger partial charge in [0.1, 0.15) is 5.75 Å². The van der Waals surface area contributed by atoms with E-state index in [-0.39, 0.29) is 12.4 Å². The molecule has 1 aliphatic heterocycles. The Morgan fingerprint density at radius 3 is 2.67 bits per heavy atom. The van der Waals surface area contributed by atoms with Crippen molar-refractivity contribution in [3.63, 3.8) is 0 Å². The van der Waals surface area contributed by atoms with E-state index in [0.29, 0.717) is 12.5 Å². The van der Waals surface area contributed by atoms with Crippen LogP contribution in [-0.2, 0) is 9.47 Å². The van der Waals surface area contributed by atoms with Crippen LogP contribution in [0.15, 0.2) is 24.3 Å². The fourth-order valence-corrected chi connectivity index (χ4v) is 1.63. The second-order valence-electron chi connectivity index (χ2n) is 3.35. The predicted octanol–water partition coefficient (Wildman–Crippen LogP) is 2.35. The minimum Gasteiger partial charge on any atom is -0.497 e. The van der Waals surface area contributed by atoms with Gasteiger partial charge in [0.2, 0.25) is 0 Å². The molecule has 4 heteroatoms. The average molecular weight is 229 g/mol. The van der Waals surface area contributed by atoms with Gasteiger partial charge >= 0.3 is 0 Å². The quantitative estimate of drug-likeness (QED) is 0.744. The lowest BCUT2D eigenvalue weighted by Crippen LogP contribution is -2.10. The number of ether oxygens (including phenoxy) is 3. The first-order valence-electron chi connectivity index (χ1n) is 4.80. The second kappa shape index (κ2) is 4.84. The van der Waals surface area contributed by atoms with Crippen LogP contribution < -0.4 is 4.74 Å². The first-order chi connectivity index (χ1) is 7.33. The van der Waals surface area contributed by atoms with Gasteiger partial charge in [0.25, 0.3) is 0 Å². The van der Waals surface area contributed by atoms with Gasteiger partial charge in [0.15, 0.2) is 6.29 Å². The Morgan fingerprint density at radius 2 is 2.13 bits per heavy atom. The monoisotopic (exact) mass is 228 g/mol. The maximum atomic E-state index is 5.68. The van der Waals surface area contributed by atoms with Gasteiger partial charge in [0.05, 0.1) is 25.7 Å². The molecule has 1 heterocycles. The molecule has 15 heavy (non-hydrogen) atoms. The van der Waals surface area contributed by atoms with Crippen LogP contribution in [0.5, 0.6) is 5.75 Å². The molecule has 0 bridgehead atoms. The van der Waals surface area contributed by atoms with Crippen molar-refractivity contribution in [1.29, 1.82) is 0 Å². The smallest absolute Gasteiger partial charge is 0.184 e. The van der Waals surface area contributed by atoms with E-state index in [2.05, 4.69) is 0 Å². The van der Waals surface area contributed by atoms with Crippen LogP contribution in [0.25, 0.3) is 0 Å². The highest BCUT2D eigenvalue weighted by molar-refractivity contribution is 6.18. The van der Waals surface area contributed by atoms with E-state index in [1.807, 2.05) is 24.3 Å². The predicted molar refractivity (Wildman–Crippen MR) is 57.3 cm³/mol. The van der Waals surface area contributed by atoms with Gasteiger partial charge in [-0.3, -0.25) is 0 Å². The van der Waals surface area contributed by atoms with E-state index >= 15 is 0 Å². The van der Waals surface area contributed by atoms with E-state index in [1.54, 1.807) is 7.11 Å². The SMILES string of the molecule is COc1ccc([C@@H]2OC[C@@H](CCl)O2)cc1. The number of hydrogen-bond acceptors (Lipinski definition) is 3. The van der Waals surface area contributed by atoms with Crippen LogP contribution in [0.2, 0.25) is 0 Å². The Morgan fingerprint density at radius 1 is 1.40 bits per heavy atom. The zero-order valence-corrected chi connectivity index (χ0v) is 9.24. The third-order valence-electron chi connectivity index (χ3n) is 2.31. The first-order valence-corrected chi connectivity index (χ1v) is 5.34. The van der Waals surface area contributed by atoms with Crippen LogP contribution in [-0.4, -0.2) is 25.7 Å². The molecule has 0 N–H and O–H groups in total. The lowest BCUT2D eigenvalue weighted by Gasteiger charge is -2.10. The van der Waals surface area contributed by atoms with Gasteiger partial charge in [0, 0.05) is 5.56 Å². The summed E-state index contributed by atoms with van der Waals surface area (Å²) in [5.41, 5.74) is 0.989. The van der Waals surface area contributed by atoms with Crippen molar-refractivity contribution >= 4 is 11.6 Å². The molecule has 1 saturated heterocycles. The molecule has 0 aromatic heterocycles. The van der Waals surface area contributed by atoms with Gasteiger partial charge in [-0.1, -0.05) is 12.1 Å². The van der Waals surface area contributed by atoms with Gasteiger partial charge in [-0.2, -0.15) is 0 Å². The molecule has 0 aliphatic carbocycles. The fourth-order valence-electron chi connectivity index (χ4n) is 1.46. The molecule has 3 nitrogen and oxygen atoms in total. The Bertz CT molecular complexity index is 312. The van der Waals surface area contributed by atoms with Crippen molar-refractivity contribution in [3.8, 4) is 5.75 Å². The number of halogens is 1. The summed E-state index contributed by atoms with van der Waals surface area (Å²) in [5.74, 6) is 1.29. The van der Waals surface area contributed by atoms with E-state index in [1.165, 1.54) is 0 Å². The van der Waals surface area contributed by atoms with Crippen molar-refractivity contribution in [2.45, 2.75) is 12.4 Å². The van der Waals surface area contributed by atoms with E-state index in [4.69, 9.17) is 25.8 Å². The van der Waals surface area contributed by atoms with Crippen molar-refractivity contribution in [2.24, 2.45) is 0 Å². The zero-order valence-electron chi connectivity index (χ0n) is 8.48. The molecule has 1 aromatic carbocycles. The van der Waals surface area contributed by atoms with Crippen LogP contribution >= 0.6 is 11.6 Å². The third kappa shape index (κ3) is 2.43. The summed E-state index contributed by atoms with van der Waals surface area (Å²) in [7, 11) is 1.64. The summed E-state index contributed by atoms with van der Waals surface area (Å²) in [4.78, 5) is 0. The molecule has 2 rings (SSSR count). The maximum absolute atomic E-state index is 5.68. The highest BCUT2D eigenvalue weighted by atomic mass is 35.5. The van der Waals surface area contributed by atoms with Gasteiger partial charge < -0.3 is 14.2 Å². The summed E-state index contributed by atoms with van der Waals surface area (Å²) in [5, 5.41) is 0. The molecule has 0 saturated carbocycles. The Hall–Kier alpha value is -0.770. The highest BCUT2D eigenvalue weighted by Gasteiger charge is 2.26. The molecule has 1 fully saturated rings. The van der Waals surface area contributed by atoms with Crippen LogP contribution in [0.3, 0.4) is 0 Å². The summed E-state index contributed by atoms with van der Waals surface area (Å²) in [6, 6.07) is 7.63. The van der Waals surface area contributed by atoms with Crippen molar-refractivity contribution in [3.05, 3.63) is 29.8 Å². The molecule has 82 valence electrons. The molecular formula is C11H13ClO3. The zero-order chi connectivity index (χ0) is 10.7. The van der Waals surface area contributed by atoms with Crippen LogP contribution in [0, 0.1) is 0 Å². The minimum atomic E-state index is -0.292. The van der Waals surface area contributed by atoms with Crippen molar-refractivity contribution < 1.29 is 14.2 Å². The summed E-state index contributed by atoms with van der Waals surface area (Å²) in [6.45, 7) is 0.556. The highest BCUT2D eigenvalue weighted by Crippen LogP contribution is 2.28. The molecular weight excluding hydrogens is 216 g/mol. The van der Waals surface area contributed by atoms with Crippen LogP contribution in [0.4, 0.5) is 0 Å². The Kier molecular flexibility index (Phi) is 3.46. The average Bonchev–Trinajstić information content (AvgIpc) is 2.78. The summed E-state index contributed by atoms with van der Waals surface area (Å²) >= 11 is 5.68. The van der Waals surface area contributed by atoms with E-state index < -0.39 is 0 Å². The first kappa shape index (κ1) is 10.7. The number of benzene rings is 1. The van der Waals surface area contributed by atoms with Crippen molar-refractivity contribution in [1.82, 2.24) is 0 Å². The molecule has 1 aliphatic rings. The largest absolute Gasteiger partial charge is 0.497 e. The fraction of sp³-hybridized carbons (Fsp3) is 0.455. The number of rotatable bonds is 3. The van der Waals surface area contributed by atoms with Gasteiger partial charge in [-0.05, 0) is 12.1 Å². The van der Waals surface area contributed by atoms with E-state index in [0.717, 1.165) is 11.3 Å². The molecule has 2 atom stereocenters.